The van der Waals surface area contributed by atoms with Gasteiger partial charge in [0.15, 0.2) is 0 Å². The Labute approximate surface area is 320 Å². The summed E-state index contributed by atoms with van der Waals surface area (Å²) in [5.41, 5.74) is 5.07. The first-order chi connectivity index (χ1) is 26.6. The predicted octanol–water partition coefficient (Wildman–Crippen LogP) is 7.92. The van der Waals surface area contributed by atoms with E-state index in [2.05, 4.69) is 33.8 Å². The number of hydrogen-bond donors (Lipinski definition) is 4. The summed E-state index contributed by atoms with van der Waals surface area (Å²) in [5, 5.41) is 24.3. The molecule has 55 heavy (non-hydrogen) atoms. The number of nitrogens with one attached hydrogen (secondary N) is 3. The van der Waals surface area contributed by atoms with Crippen LogP contribution >= 0.6 is 0 Å². The molecule has 2 heterocycles. The summed E-state index contributed by atoms with van der Waals surface area (Å²) in [7, 11) is 1.79. The van der Waals surface area contributed by atoms with E-state index in [1.165, 1.54) is 0 Å². The number of ether oxygens (including phenoxy) is 4. The molecule has 1 amide bonds. The molecule has 0 unspecified atom stereocenters. The fourth-order valence-electron chi connectivity index (χ4n) is 6.59. The van der Waals surface area contributed by atoms with Crippen molar-refractivity contribution in [3.63, 3.8) is 0 Å². The average molecular weight is 748 g/mol. The van der Waals surface area contributed by atoms with Crippen molar-refractivity contribution in [3.8, 4) is 22.6 Å². The van der Waals surface area contributed by atoms with Crippen LogP contribution in [0.25, 0.3) is 32.8 Å². The first-order valence-electron chi connectivity index (χ1n) is 18.6. The molecule has 6 rings (SSSR count). The van der Waals surface area contributed by atoms with E-state index < -0.39 is 17.7 Å². The number of para-hydroxylation sites is 1. The van der Waals surface area contributed by atoms with Crippen LogP contribution in [0.3, 0.4) is 0 Å². The van der Waals surface area contributed by atoms with Crippen molar-refractivity contribution in [3.05, 3.63) is 108 Å². The second-order valence-corrected chi connectivity index (χ2v) is 14.1. The van der Waals surface area contributed by atoms with Gasteiger partial charge in [-0.2, -0.15) is 5.10 Å². The Balaban J connectivity index is 1.18. The third kappa shape index (κ3) is 9.39. The van der Waals surface area contributed by atoms with Crippen molar-refractivity contribution in [2.24, 2.45) is 7.05 Å². The number of aromatic amines is 1. The van der Waals surface area contributed by atoms with Crippen LogP contribution in [-0.2, 0) is 36.2 Å². The minimum absolute atomic E-state index is 0.135. The Kier molecular flexibility index (Phi) is 12.3. The van der Waals surface area contributed by atoms with E-state index in [4.69, 9.17) is 24.0 Å². The van der Waals surface area contributed by atoms with Crippen molar-refractivity contribution < 1.29 is 33.6 Å². The molecule has 0 spiro atoms. The molecule has 0 radical (unpaired) electrons. The van der Waals surface area contributed by atoms with Crippen LogP contribution in [0.1, 0.15) is 61.6 Å². The fourth-order valence-corrected chi connectivity index (χ4v) is 6.59. The van der Waals surface area contributed by atoms with Crippen LogP contribution in [0.15, 0.2) is 84.9 Å². The van der Waals surface area contributed by atoms with Gasteiger partial charge in [0.25, 0.3) is 0 Å². The number of aliphatic hydroxyl groups is 1. The van der Waals surface area contributed by atoms with E-state index in [1.54, 1.807) is 18.7 Å². The molecular formula is C43H49N5O7. The molecule has 0 saturated carbocycles. The number of rotatable bonds is 16. The number of H-pyrrole nitrogens is 1. The molecule has 0 saturated heterocycles. The number of benzene rings is 4. The van der Waals surface area contributed by atoms with Crippen LogP contribution in [0, 0.1) is 0 Å². The second kappa shape index (κ2) is 17.4. The zero-order valence-electron chi connectivity index (χ0n) is 32.0. The highest BCUT2D eigenvalue weighted by atomic mass is 16.6. The number of carbonyl (C=O) groups is 2. The molecule has 0 fully saturated rings. The highest BCUT2D eigenvalue weighted by Gasteiger charge is 2.25. The number of carbonyl (C=O) groups excluding carboxylic acids is 2. The summed E-state index contributed by atoms with van der Waals surface area (Å²) in [6.07, 6.45) is 0.781. The maximum Gasteiger partial charge on any atom is 0.407 e. The Morgan fingerprint density at radius 1 is 0.909 bits per heavy atom. The van der Waals surface area contributed by atoms with Crippen LogP contribution in [0.4, 0.5) is 10.5 Å². The SMILES string of the molecule is CCOC(=O)c1[nH]c2c(-c3c(COc4ccc(NCCNC(=O)OC(C)(C)C)cc4)nn(C)c3CO)cccc2c1CCCOc1cccc2ccccc12. The van der Waals surface area contributed by atoms with Gasteiger partial charge < -0.3 is 39.7 Å². The second-order valence-electron chi connectivity index (χ2n) is 14.1. The molecule has 0 aliphatic carbocycles. The number of aromatic nitrogens is 3. The number of alkyl carbamates (subject to hydrolysis) is 1. The van der Waals surface area contributed by atoms with E-state index in [0.717, 1.165) is 49.8 Å². The lowest BCUT2D eigenvalue weighted by atomic mass is 9.98. The molecule has 0 aliphatic rings. The molecule has 12 nitrogen and oxygen atoms in total. The Morgan fingerprint density at radius 3 is 2.42 bits per heavy atom. The molecule has 4 N–H and O–H groups in total. The number of hydrogen-bond acceptors (Lipinski definition) is 9. The molecule has 288 valence electrons. The molecule has 0 aliphatic heterocycles. The fraction of sp³-hybridized carbons (Fsp3) is 0.326. The number of aliphatic hydroxyl groups excluding tert-OH is 1. The number of aryl methyl sites for hydroxylation is 2. The molecule has 12 heteroatoms. The van der Waals surface area contributed by atoms with Crippen LogP contribution in [0.5, 0.6) is 11.5 Å². The highest BCUT2D eigenvalue weighted by Crippen LogP contribution is 2.37. The predicted molar refractivity (Wildman–Crippen MR) is 214 cm³/mol. The minimum Gasteiger partial charge on any atom is -0.493 e. The Hall–Kier alpha value is -6.01. The van der Waals surface area contributed by atoms with Gasteiger partial charge in [-0.15, -0.1) is 0 Å². The van der Waals surface area contributed by atoms with Gasteiger partial charge in [0.2, 0.25) is 0 Å². The zero-order valence-corrected chi connectivity index (χ0v) is 32.0. The third-order valence-corrected chi connectivity index (χ3v) is 9.01. The summed E-state index contributed by atoms with van der Waals surface area (Å²) in [5.74, 6) is 1.03. The number of esters is 1. The van der Waals surface area contributed by atoms with Gasteiger partial charge in [-0.1, -0.05) is 54.6 Å². The lowest BCUT2D eigenvalue weighted by Crippen LogP contribution is -2.34. The molecule has 0 atom stereocenters. The highest BCUT2D eigenvalue weighted by molar-refractivity contribution is 6.04. The van der Waals surface area contributed by atoms with Crippen LogP contribution in [0.2, 0.25) is 0 Å². The van der Waals surface area contributed by atoms with Gasteiger partial charge in [-0.05, 0) is 81.8 Å². The third-order valence-electron chi connectivity index (χ3n) is 9.01. The van der Waals surface area contributed by atoms with E-state index in [0.29, 0.717) is 55.4 Å². The molecule has 6 aromatic rings. The molecule has 2 aromatic heterocycles. The smallest absolute Gasteiger partial charge is 0.407 e. The largest absolute Gasteiger partial charge is 0.493 e. The van der Waals surface area contributed by atoms with Crippen molar-refractivity contribution in [1.29, 1.82) is 0 Å². The maximum atomic E-state index is 13.3. The van der Waals surface area contributed by atoms with Gasteiger partial charge >= 0.3 is 12.1 Å². The minimum atomic E-state index is -0.550. The number of amides is 1. The number of nitrogens with zero attached hydrogens (tertiary/aromatic N) is 2. The molecule has 4 aromatic carbocycles. The number of fused-ring (bicyclic) bond motifs is 2. The van der Waals surface area contributed by atoms with Gasteiger partial charge in [0.05, 0.1) is 31.0 Å². The summed E-state index contributed by atoms with van der Waals surface area (Å²) >= 11 is 0. The Bertz CT molecular complexity index is 2250. The number of anilines is 1. The average Bonchev–Trinajstić information content (AvgIpc) is 3.70. The lowest BCUT2D eigenvalue weighted by molar-refractivity contribution is 0.0513. The van der Waals surface area contributed by atoms with Gasteiger partial charge in [-0.3, -0.25) is 4.68 Å². The molecule has 0 bridgehead atoms. The first kappa shape index (κ1) is 38.7. The standard InChI is InChI=1S/C43H49N5O7/c1-6-52-41(50)40-33(17-11-25-53-37-18-9-13-28-12-7-8-14-31(28)37)32-15-10-16-34(39(32)46-40)38-35(47-48(5)36(38)26-49)27-54-30-21-19-29(20-22-30)44-23-24-45-42(51)55-43(2,3)4/h7-10,12-16,18-22,44,46,49H,6,11,17,23-27H2,1-5H3,(H,45,51). The van der Waals surface area contributed by atoms with Gasteiger partial charge in [0.1, 0.15) is 35.1 Å². The van der Waals surface area contributed by atoms with E-state index >= 15 is 0 Å². The van der Waals surface area contributed by atoms with Crippen molar-refractivity contribution in [1.82, 2.24) is 20.1 Å². The van der Waals surface area contributed by atoms with Crippen molar-refractivity contribution >= 4 is 39.4 Å². The summed E-state index contributed by atoms with van der Waals surface area (Å²) in [6.45, 7) is 8.76. The van der Waals surface area contributed by atoms with E-state index in [1.807, 2.05) is 87.5 Å². The van der Waals surface area contributed by atoms with Gasteiger partial charge in [-0.25, -0.2) is 9.59 Å². The van der Waals surface area contributed by atoms with Crippen LogP contribution in [-0.4, -0.2) is 63.8 Å². The van der Waals surface area contributed by atoms with Crippen molar-refractivity contribution in [2.45, 2.75) is 59.4 Å². The molecular weight excluding hydrogens is 699 g/mol. The van der Waals surface area contributed by atoms with E-state index in [-0.39, 0.29) is 19.8 Å². The zero-order chi connectivity index (χ0) is 39.0. The topological polar surface area (TPSA) is 149 Å². The summed E-state index contributed by atoms with van der Waals surface area (Å²) < 4.78 is 24.9. The monoisotopic (exact) mass is 747 g/mol. The van der Waals surface area contributed by atoms with Gasteiger partial charge in [0, 0.05) is 47.7 Å². The summed E-state index contributed by atoms with van der Waals surface area (Å²) in [4.78, 5) is 28.6. The van der Waals surface area contributed by atoms with Crippen LogP contribution < -0.4 is 20.1 Å². The summed E-state index contributed by atoms with van der Waals surface area (Å²) in [6, 6.07) is 27.5. The normalized spacial score (nSPS) is 11.5. The first-order valence-corrected chi connectivity index (χ1v) is 18.6. The lowest BCUT2D eigenvalue weighted by Gasteiger charge is -2.19. The van der Waals surface area contributed by atoms with E-state index in [9.17, 15) is 14.7 Å². The maximum absolute atomic E-state index is 13.3. The van der Waals surface area contributed by atoms with Crippen molar-refractivity contribution in [2.75, 3.05) is 31.6 Å². The quantitative estimate of drug-likeness (QED) is 0.0572. The Morgan fingerprint density at radius 2 is 1.65 bits per heavy atom.